The summed E-state index contributed by atoms with van der Waals surface area (Å²) in [6.07, 6.45) is 8.65. The monoisotopic (exact) mass is 524 g/mol. The highest BCUT2D eigenvalue weighted by Crippen LogP contribution is 2.45. The molecule has 0 radical (unpaired) electrons. The van der Waals surface area contributed by atoms with Gasteiger partial charge in [0.15, 0.2) is 0 Å². The molecule has 1 spiro atoms. The maximum absolute atomic E-state index is 14.6. The topological polar surface area (TPSA) is 55.4 Å². The lowest BCUT2D eigenvalue weighted by Crippen LogP contribution is -3.00. The second kappa shape index (κ2) is 11.3. The fourth-order valence-electron chi connectivity index (χ4n) is 7.92. The van der Waals surface area contributed by atoms with Crippen molar-refractivity contribution in [2.24, 2.45) is 11.8 Å². The van der Waals surface area contributed by atoms with Crippen LogP contribution in [-0.2, 0) is 21.6 Å². The number of halogens is 1. The van der Waals surface area contributed by atoms with Gasteiger partial charge in [-0.15, -0.1) is 0 Å². The molecule has 2 aromatic rings. The Bertz CT molecular complexity index is 1070. The van der Waals surface area contributed by atoms with E-state index in [0.717, 1.165) is 43.8 Å². The van der Waals surface area contributed by atoms with E-state index in [2.05, 4.69) is 52.7 Å². The lowest BCUT2D eigenvalue weighted by atomic mass is 9.68. The van der Waals surface area contributed by atoms with Crippen LogP contribution in [0.5, 0.6) is 5.75 Å². The third-order valence-electron chi connectivity index (χ3n) is 9.76. The van der Waals surface area contributed by atoms with E-state index in [1.807, 2.05) is 6.07 Å². The fourth-order valence-corrected chi connectivity index (χ4v) is 7.92. The van der Waals surface area contributed by atoms with Crippen molar-refractivity contribution in [1.29, 1.82) is 0 Å². The largest absolute Gasteiger partial charge is 1.00 e. The average Bonchev–Trinajstić information content (AvgIpc) is 3.37. The molecule has 0 bridgehead atoms. The number of quaternary nitrogens is 1. The van der Waals surface area contributed by atoms with E-state index in [0.29, 0.717) is 37.0 Å². The van der Waals surface area contributed by atoms with Crippen LogP contribution in [0.25, 0.3) is 0 Å². The molecule has 1 unspecified atom stereocenters. The van der Waals surface area contributed by atoms with E-state index in [9.17, 15) is 4.79 Å². The molecule has 4 atom stereocenters. The number of piperidine rings is 1. The summed E-state index contributed by atoms with van der Waals surface area (Å²) in [7, 11) is 1.73. The second-order valence-corrected chi connectivity index (χ2v) is 11.5. The van der Waals surface area contributed by atoms with Gasteiger partial charge in [0.2, 0.25) is 5.91 Å². The molecule has 6 rings (SSSR count). The minimum Gasteiger partial charge on any atom is -1.00 e. The number of rotatable bonds is 4. The molecule has 2 saturated heterocycles. The summed E-state index contributed by atoms with van der Waals surface area (Å²) < 4.78 is 11.9. The number of methoxy groups -OCH3 is 1. The number of likely N-dealkylation sites (tertiary alicyclic amines) is 1. The molecule has 4 aliphatic rings. The summed E-state index contributed by atoms with van der Waals surface area (Å²) in [5.74, 6) is 2.38. The lowest BCUT2D eigenvalue weighted by Gasteiger charge is -2.47. The predicted molar refractivity (Wildman–Crippen MR) is 140 cm³/mol. The van der Waals surface area contributed by atoms with E-state index in [4.69, 9.17) is 9.47 Å². The smallest absolute Gasteiger partial charge is 0.232 e. The zero-order chi connectivity index (χ0) is 24.5. The molecule has 5 nitrogen and oxygen atoms in total. The summed E-state index contributed by atoms with van der Waals surface area (Å²) in [4.78, 5) is 16.9. The van der Waals surface area contributed by atoms with Crippen molar-refractivity contribution in [3.8, 4) is 5.75 Å². The molecular weight excluding hydrogens is 484 g/mol. The van der Waals surface area contributed by atoms with E-state index >= 15 is 0 Å². The Balaban J connectivity index is 0.00000280. The Hall–Kier alpha value is -2.08. The molecular formula is C31H41ClN2O3. The normalized spacial score (nSPS) is 30.0. The van der Waals surface area contributed by atoms with Crippen LogP contribution in [0.1, 0.15) is 67.6 Å². The first kappa shape index (κ1) is 26.5. The highest BCUT2D eigenvalue weighted by Gasteiger charge is 2.56. The van der Waals surface area contributed by atoms with Crippen molar-refractivity contribution in [3.63, 3.8) is 0 Å². The van der Waals surface area contributed by atoms with Gasteiger partial charge >= 0.3 is 0 Å². The van der Waals surface area contributed by atoms with Crippen LogP contribution >= 0.6 is 0 Å². The maximum atomic E-state index is 14.6. The third kappa shape index (κ3) is 4.79. The van der Waals surface area contributed by atoms with Gasteiger partial charge in [0.05, 0.1) is 38.8 Å². The number of fused-ring (bicyclic) bond motifs is 2. The van der Waals surface area contributed by atoms with Gasteiger partial charge in [-0.3, -0.25) is 4.79 Å². The molecule has 3 aliphatic heterocycles. The summed E-state index contributed by atoms with van der Waals surface area (Å²) in [6.45, 7) is 3.80. The molecule has 3 fully saturated rings. The van der Waals surface area contributed by atoms with Crippen LogP contribution in [-0.4, -0.2) is 50.2 Å². The highest BCUT2D eigenvalue weighted by molar-refractivity contribution is 5.82. The second-order valence-electron chi connectivity index (χ2n) is 11.5. The molecule has 0 aromatic heterocycles. The van der Waals surface area contributed by atoms with E-state index < -0.39 is 0 Å². The lowest BCUT2D eigenvalue weighted by molar-refractivity contribution is -0.640. The number of amides is 1. The molecule has 3 heterocycles. The van der Waals surface area contributed by atoms with Crippen LogP contribution in [0.3, 0.4) is 0 Å². The van der Waals surface area contributed by atoms with Crippen LogP contribution < -0.4 is 22.5 Å². The number of nitrogens with zero attached hydrogens (tertiary/aromatic N) is 1. The summed E-state index contributed by atoms with van der Waals surface area (Å²) in [6, 6.07) is 17.7. The Labute approximate surface area is 227 Å². The van der Waals surface area contributed by atoms with Gasteiger partial charge in [-0.05, 0) is 54.7 Å². The van der Waals surface area contributed by atoms with E-state index in [-0.39, 0.29) is 23.7 Å². The summed E-state index contributed by atoms with van der Waals surface area (Å²) >= 11 is 0. The SMILES string of the molecule is COc1cccc2c1COC[C@]21C[NH2+]CC1C(=O)N1CC[C@@H](c2ccccc2)C[C@H]1C1CCCCC1.[Cl-]. The van der Waals surface area contributed by atoms with Gasteiger partial charge < -0.3 is 32.1 Å². The molecule has 2 N–H and O–H groups in total. The molecule has 1 amide bonds. The third-order valence-corrected chi connectivity index (χ3v) is 9.76. The Morgan fingerprint density at radius 1 is 1.05 bits per heavy atom. The summed E-state index contributed by atoms with van der Waals surface area (Å²) in [5.41, 5.74) is 3.57. The van der Waals surface area contributed by atoms with Gasteiger partial charge in [-0.25, -0.2) is 0 Å². The molecule has 200 valence electrons. The number of hydrogen-bond donors (Lipinski definition) is 1. The number of ether oxygens (including phenoxy) is 2. The number of nitrogens with two attached hydrogens (primary N) is 1. The van der Waals surface area contributed by atoms with E-state index in [1.54, 1.807) is 7.11 Å². The van der Waals surface area contributed by atoms with Gasteiger partial charge in [0.1, 0.15) is 11.7 Å². The van der Waals surface area contributed by atoms with Crippen molar-refractivity contribution in [2.45, 2.75) is 68.9 Å². The van der Waals surface area contributed by atoms with Crippen molar-refractivity contribution in [3.05, 3.63) is 65.2 Å². The van der Waals surface area contributed by atoms with Crippen LogP contribution in [0.4, 0.5) is 0 Å². The number of hydrogen-bond acceptors (Lipinski definition) is 3. The molecule has 1 aliphatic carbocycles. The molecule has 37 heavy (non-hydrogen) atoms. The van der Waals surface area contributed by atoms with Crippen molar-refractivity contribution >= 4 is 5.91 Å². The number of benzene rings is 2. The Kier molecular flexibility index (Phi) is 8.13. The minimum atomic E-state index is -0.271. The minimum absolute atomic E-state index is 0. The van der Waals surface area contributed by atoms with Crippen molar-refractivity contribution in [1.82, 2.24) is 4.90 Å². The first-order valence-corrected chi connectivity index (χ1v) is 14.1. The number of carbonyl (C=O) groups excluding carboxylic acids is 1. The number of carbonyl (C=O) groups is 1. The van der Waals surface area contributed by atoms with Gasteiger partial charge in [0, 0.05) is 18.2 Å². The zero-order valence-electron chi connectivity index (χ0n) is 22.0. The van der Waals surface area contributed by atoms with Crippen molar-refractivity contribution in [2.75, 3.05) is 33.4 Å². The van der Waals surface area contributed by atoms with Crippen LogP contribution in [0.15, 0.2) is 48.5 Å². The zero-order valence-corrected chi connectivity index (χ0v) is 22.8. The highest BCUT2D eigenvalue weighted by atomic mass is 35.5. The predicted octanol–water partition coefficient (Wildman–Crippen LogP) is 1.02. The molecule has 1 saturated carbocycles. The first-order chi connectivity index (χ1) is 17.7. The van der Waals surface area contributed by atoms with Crippen LogP contribution in [0, 0.1) is 11.8 Å². The van der Waals surface area contributed by atoms with Gasteiger partial charge in [-0.1, -0.05) is 61.7 Å². The van der Waals surface area contributed by atoms with Crippen molar-refractivity contribution < 1.29 is 32.0 Å². The quantitative estimate of drug-likeness (QED) is 0.649. The summed E-state index contributed by atoms with van der Waals surface area (Å²) in [5, 5.41) is 2.34. The molecule has 2 aromatic carbocycles. The fraction of sp³-hybridized carbons (Fsp3) is 0.581. The van der Waals surface area contributed by atoms with Crippen LogP contribution in [0.2, 0.25) is 0 Å². The Morgan fingerprint density at radius 2 is 1.86 bits per heavy atom. The standard InChI is InChI=1S/C31H40N2O3.ClH/c1-35-29-14-8-13-26-25(29)19-36-21-31(26)20-32-18-27(31)30(34)33-16-15-24(22-9-4-2-5-10-22)17-28(33)23-11-6-3-7-12-23;/h2,4-5,8-10,13-14,23-24,27-28,32H,3,6-7,11-12,15-21H2,1H3;1H/t24-,27?,28+,31-;/m1./s1. The molecule has 6 heteroatoms. The Morgan fingerprint density at radius 3 is 2.65 bits per heavy atom. The van der Waals surface area contributed by atoms with Gasteiger partial charge in [-0.2, -0.15) is 0 Å². The maximum Gasteiger partial charge on any atom is 0.232 e. The van der Waals surface area contributed by atoms with Gasteiger partial charge in [0.25, 0.3) is 0 Å². The average molecular weight is 525 g/mol. The first-order valence-electron chi connectivity index (χ1n) is 14.1. The van der Waals surface area contributed by atoms with E-state index in [1.165, 1.54) is 43.2 Å².